The Morgan fingerprint density at radius 3 is 2.43 bits per heavy atom. The zero-order chi connectivity index (χ0) is 10.6. The first-order valence-electron chi connectivity index (χ1n) is 4.38. The second-order valence-corrected chi connectivity index (χ2v) is 3.08. The maximum Gasteiger partial charge on any atom is 0.331 e. The van der Waals surface area contributed by atoms with Crippen molar-refractivity contribution in [3.8, 4) is 0 Å². The summed E-state index contributed by atoms with van der Waals surface area (Å²) in [4.78, 5) is 23.5. The number of carboxylic acids is 1. The molecule has 0 aliphatic carbocycles. The fraction of sp³-hybridized carbons (Fsp3) is 0.556. The SMILES string of the molecule is C=C(CC(=O)N1CCOCC1)C(=O)O. The van der Waals surface area contributed by atoms with E-state index >= 15 is 0 Å². The van der Waals surface area contributed by atoms with E-state index < -0.39 is 5.97 Å². The van der Waals surface area contributed by atoms with Crippen LogP contribution in [0.25, 0.3) is 0 Å². The number of hydrogen-bond donors (Lipinski definition) is 1. The van der Waals surface area contributed by atoms with Crippen molar-refractivity contribution in [3.05, 3.63) is 12.2 Å². The Morgan fingerprint density at radius 2 is 1.93 bits per heavy atom. The van der Waals surface area contributed by atoms with E-state index in [4.69, 9.17) is 9.84 Å². The van der Waals surface area contributed by atoms with Gasteiger partial charge in [0, 0.05) is 18.7 Å². The summed E-state index contributed by atoms with van der Waals surface area (Å²) in [5.74, 6) is -1.31. The quantitative estimate of drug-likeness (QED) is 0.643. The summed E-state index contributed by atoms with van der Waals surface area (Å²) < 4.78 is 5.07. The lowest BCUT2D eigenvalue weighted by atomic mass is 10.2. The largest absolute Gasteiger partial charge is 0.478 e. The number of morpholine rings is 1. The summed E-state index contributed by atoms with van der Waals surface area (Å²) in [7, 11) is 0. The molecule has 5 nitrogen and oxygen atoms in total. The summed E-state index contributed by atoms with van der Waals surface area (Å²) in [6.45, 7) is 5.42. The van der Waals surface area contributed by atoms with Gasteiger partial charge in [0.2, 0.25) is 5.91 Å². The van der Waals surface area contributed by atoms with Crippen LogP contribution in [0.1, 0.15) is 6.42 Å². The molecule has 1 rings (SSSR count). The molecule has 1 saturated heterocycles. The lowest BCUT2D eigenvalue weighted by molar-refractivity contribution is -0.138. The molecule has 1 aliphatic heterocycles. The minimum Gasteiger partial charge on any atom is -0.478 e. The second kappa shape index (κ2) is 4.76. The van der Waals surface area contributed by atoms with E-state index in [-0.39, 0.29) is 17.9 Å². The lowest BCUT2D eigenvalue weighted by Crippen LogP contribution is -2.40. The molecule has 1 amide bonds. The van der Waals surface area contributed by atoms with Crippen molar-refractivity contribution in [2.75, 3.05) is 26.3 Å². The summed E-state index contributed by atoms with van der Waals surface area (Å²) >= 11 is 0. The third-order valence-electron chi connectivity index (χ3n) is 2.03. The highest BCUT2D eigenvalue weighted by molar-refractivity contribution is 5.93. The Kier molecular flexibility index (Phi) is 3.64. The fourth-order valence-corrected chi connectivity index (χ4v) is 1.18. The molecule has 0 aromatic rings. The van der Waals surface area contributed by atoms with Gasteiger partial charge in [-0.25, -0.2) is 4.79 Å². The monoisotopic (exact) mass is 199 g/mol. The van der Waals surface area contributed by atoms with E-state index in [1.165, 1.54) is 0 Å². The minimum absolute atomic E-state index is 0.0681. The molecule has 5 heteroatoms. The number of hydrogen-bond acceptors (Lipinski definition) is 3. The standard InChI is InChI=1S/C9H13NO4/c1-7(9(12)13)6-8(11)10-2-4-14-5-3-10/h1-6H2,(H,12,13). The highest BCUT2D eigenvalue weighted by Gasteiger charge is 2.19. The molecule has 0 atom stereocenters. The van der Waals surface area contributed by atoms with Gasteiger partial charge in [0.1, 0.15) is 0 Å². The molecule has 78 valence electrons. The van der Waals surface area contributed by atoms with Crippen LogP contribution in [0.2, 0.25) is 0 Å². The van der Waals surface area contributed by atoms with Gasteiger partial charge in [-0.15, -0.1) is 0 Å². The first kappa shape index (κ1) is 10.7. The maximum atomic E-state index is 11.5. The van der Waals surface area contributed by atoms with E-state index in [0.717, 1.165) is 0 Å². The smallest absolute Gasteiger partial charge is 0.331 e. The summed E-state index contributed by atoms with van der Waals surface area (Å²) in [5.41, 5.74) is -0.0681. The van der Waals surface area contributed by atoms with Crippen molar-refractivity contribution in [3.63, 3.8) is 0 Å². The molecule has 1 fully saturated rings. The van der Waals surface area contributed by atoms with Crippen molar-refractivity contribution in [2.24, 2.45) is 0 Å². The van der Waals surface area contributed by atoms with E-state index in [9.17, 15) is 9.59 Å². The fourth-order valence-electron chi connectivity index (χ4n) is 1.18. The van der Waals surface area contributed by atoms with Crippen LogP contribution in [0.3, 0.4) is 0 Å². The maximum absolute atomic E-state index is 11.5. The van der Waals surface area contributed by atoms with Crippen molar-refractivity contribution in [1.82, 2.24) is 4.90 Å². The van der Waals surface area contributed by atoms with Crippen LogP contribution in [0.5, 0.6) is 0 Å². The van der Waals surface area contributed by atoms with Crippen molar-refractivity contribution in [2.45, 2.75) is 6.42 Å². The predicted octanol–water partition coefficient (Wildman–Crippen LogP) is -0.124. The molecular weight excluding hydrogens is 186 g/mol. The molecule has 0 bridgehead atoms. The zero-order valence-corrected chi connectivity index (χ0v) is 7.86. The summed E-state index contributed by atoms with van der Waals surface area (Å²) in [5, 5.41) is 8.53. The van der Waals surface area contributed by atoms with Crippen molar-refractivity contribution in [1.29, 1.82) is 0 Å². The lowest BCUT2D eigenvalue weighted by Gasteiger charge is -2.26. The topological polar surface area (TPSA) is 66.8 Å². The predicted molar refractivity (Wildman–Crippen MR) is 48.8 cm³/mol. The third kappa shape index (κ3) is 2.85. The first-order chi connectivity index (χ1) is 6.61. The molecule has 0 unspecified atom stereocenters. The average Bonchev–Trinajstić information content (AvgIpc) is 2.19. The van der Waals surface area contributed by atoms with Gasteiger partial charge in [-0.2, -0.15) is 0 Å². The van der Waals surface area contributed by atoms with Crippen LogP contribution in [-0.2, 0) is 14.3 Å². The number of ether oxygens (including phenoxy) is 1. The van der Waals surface area contributed by atoms with E-state index in [1.54, 1.807) is 4.90 Å². The van der Waals surface area contributed by atoms with Crippen molar-refractivity contribution >= 4 is 11.9 Å². The molecule has 0 aromatic heterocycles. The molecule has 0 saturated carbocycles. The van der Waals surface area contributed by atoms with Gasteiger partial charge in [-0.3, -0.25) is 4.79 Å². The Hall–Kier alpha value is -1.36. The number of aliphatic carboxylic acids is 1. The average molecular weight is 199 g/mol. The zero-order valence-electron chi connectivity index (χ0n) is 7.86. The van der Waals surface area contributed by atoms with E-state index in [0.29, 0.717) is 26.3 Å². The van der Waals surface area contributed by atoms with Crippen LogP contribution < -0.4 is 0 Å². The summed E-state index contributed by atoms with van der Waals surface area (Å²) in [6, 6.07) is 0. The van der Waals surface area contributed by atoms with Gasteiger partial charge < -0.3 is 14.7 Å². The summed E-state index contributed by atoms with van der Waals surface area (Å²) in [6.07, 6.45) is -0.116. The number of carbonyl (C=O) groups is 2. The number of carboxylic acid groups (broad SMARTS) is 1. The minimum atomic E-state index is -1.12. The van der Waals surface area contributed by atoms with Gasteiger partial charge in [-0.1, -0.05) is 6.58 Å². The van der Waals surface area contributed by atoms with Gasteiger partial charge in [0.25, 0.3) is 0 Å². The van der Waals surface area contributed by atoms with Crippen LogP contribution in [-0.4, -0.2) is 48.2 Å². The molecule has 0 spiro atoms. The molecule has 14 heavy (non-hydrogen) atoms. The number of amides is 1. The molecule has 0 aromatic carbocycles. The highest BCUT2D eigenvalue weighted by atomic mass is 16.5. The Bertz CT molecular complexity index is 256. The number of nitrogens with zero attached hydrogens (tertiary/aromatic N) is 1. The molecule has 0 radical (unpaired) electrons. The number of rotatable bonds is 3. The van der Waals surface area contributed by atoms with Gasteiger partial charge in [0.05, 0.1) is 19.6 Å². The normalized spacial score (nSPS) is 16.4. The van der Waals surface area contributed by atoms with Gasteiger partial charge >= 0.3 is 5.97 Å². The second-order valence-electron chi connectivity index (χ2n) is 3.08. The van der Waals surface area contributed by atoms with Gasteiger partial charge in [-0.05, 0) is 0 Å². The Labute approximate surface area is 82.0 Å². The van der Waals surface area contributed by atoms with Crippen LogP contribution >= 0.6 is 0 Å². The van der Waals surface area contributed by atoms with Crippen LogP contribution in [0.15, 0.2) is 12.2 Å². The molecule has 1 N–H and O–H groups in total. The Balaban J connectivity index is 2.40. The molecule has 1 aliphatic rings. The molecular formula is C9H13NO4. The van der Waals surface area contributed by atoms with Gasteiger partial charge in [0.15, 0.2) is 0 Å². The number of carbonyl (C=O) groups excluding carboxylic acids is 1. The Morgan fingerprint density at radius 1 is 1.36 bits per heavy atom. The van der Waals surface area contributed by atoms with E-state index in [2.05, 4.69) is 6.58 Å². The first-order valence-corrected chi connectivity index (χ1v) is 4.38. The van der Waals surface area contributed by atoms with Crippen molar-refractivity contribution < 1.29 is 19.4 Å². The van der Waals surface area contributed by atoms with Crippen LogP contribution in [0, 0.1) is 0 Å². The third-order valence-corrected chi connectivity index (χ3v) is 2.03. The van der Waals surface area contributed by atoms with E-state index in [1.807, 2.05) is 0 Å². The molecule has 1 heterocycles. The highest BCUT2D eigenvalue weighted by Crippen LogP contribution is 2.05. The van der Waals surface area contributed by atoms with Crippen LogP contribution in [0.4, 0.5) is 0 Å².